The third-order valence-corrected chi connectivity index (χ3v) is 1.37. The molecule has 0 aliphatic carbocycles. The van der Waals surface area contributed by atoms with E-state index >= 15 is 0 Å². The Hall–Kier alpha value is -0.0800. The number of halogens is 1. The fourth-order valence-electron chi connectivity index (χ4n) is 0.401. The van der Waals surface area contributed by atoms with Crippen molar-refractivity contribution in [3.05, 3.63) is 5.88 Å². The van der Waals surface area contributed by atoms with Gasteiger partial charge in [0.25, 0.3) is 0 Å². The maximum atomic E-state index is 10.6. The van der Waals surface area contributed by atoms with Crippen LogP contribution in [-0.2, 0) is 4.79 Å². The molecule has 0 unspecified atom stereocenters. The lowest BCUT2D eigenvalue weighted by Crippen LogP contribution is -2.34. The van der Waals surface area contributed by atoms with E-state index < -0.39 is 6.04 Å². The van der Waals surface area contributed by atoms with Gasteiger partial charge in [0, 0.05) is 0 Å². The van der Waals surface area contributed by atoms with Crippen LogP contribution >= 0.6 is 11.6 Å². The Morgan fingerprint density at radius 2 is 2.11 bits per heavy atom. The highest BCUT2D eigenvalue weighted by Crippen LogP contribution is 2.02. The molecule has 0 saturated carbocycles. The SMILES string of the molecule is CC(C)[C@H](N)C(=O)[CH]Cl. The van der Waals surface area contributed by atoms with Crippen LogP contribution in [-0.4, -0.2) is 11.8 Å². The van der Waals surface area contributed by atoms with Crippen LogP contribution in [0.5, 0.6) is 0 Å². The van der Waals surface area contributed by atoms with Crippen LogP contribution in [0.4, 0.5) is 0 Å². The quantitative estimate of drug-likeness (QED) is 0.648. The Bertz CT molecular complexity index is 103. The van der Waals surface area contributed by atoms with Crippen molar-refractivity contribution in [3.63, 3.8) is 0 Å². The topological polar surface area (TPSA) is 43.1 Å². The van der Waals surface area contributed by atoms with Gasteiger partial charge in [-0.1, -0.05) is 13.8 Å². The van der Waals surface area contributed by atoms with Gasteiger partial charge in [0.15, 0.2) is 5.78 Å². The maximum absolute atomic E-state index is 10.6. The van der Waals surface area contributed by atoms with Crippen LogP contribution in [0.15, 0.2) is 0 Å². The number of carbonyl (C=O) groups is 1. The van der Waals surface area contributed by atoms with Gasteiger partial charge in [-0.25, -0.2) is 0 Å². The zero-order valence-electron chi connectivity index (χ0n) is 5.60. The Labute approximate surface area is 60.4 Å². The molecule has 0 fully saturated rings. The molecule has 1 atom stereocenters. The molecule has 53 valence electrons. The van der Waals surface area contributed by atoms with Crippen LogP contribution in [0.1, 0.15) is 13.8 Å². The number of rotatable bonds is 3. The van der Waals surface area contributed by atoms with Crippen LogP contribution in [0, 0.1) is 11.8 Å². The molecule has 2 nitrogen and oxygen atoms in total. The van der Waals surface area contributed by atoms with Gasteiger partial charge in [0.05, 0.1) is 6.04 Å². The molecule has 1 radical (unpaired) electrons. The van der Waals surface area contributed by atoms with E-state index in [0.717, 1.165) is 5.88 Å². The lowest BCUT2D eigenvalue weighted by atomic mass is 10.0. The first kappa shape index (κ1) is 8.92. The number of carbonyl (C=O) groups excluding carboxylic acids is 1. The van der Waals surface area contributed by atoms with Crippen molar-refractivity contribution >= 4 is 17.4 Å². The van der Waals surface area contributed by atoms with Crippen molar-refractivity contribution in [2.75, 3.05) is 0 Å². The average Bonchev–Trinajstić information content (AvgIpc) is 1.84. The molecule has 3 heteroatoms. The third-order valence-electron chi connectivity index (χ3n) is 1.15. The fraction of sp³-hybridized carbons (Fsp3) is 0.667. The van der Waals surface area contributed by atoms with Gasteiger partial charge < -0.3 is 5.73 Å². The number of hydrogen-bond donors (Lipinski definition) is 1. The summed E-state index contributed by atoms with van der Waals surface area (Å²) in [5.41, 5.74) is 5.41. The van der Waals surface area contributed by atoms with Gasteiger partial charge in [-0.05, 0) is 5.92 Å². The molecule has 0 aliphatic heterocycles. The van der Waals surface area contributed by atoms with E-state index in [0.29, 0.717) is 0 Å². The zero-order chi connectivity index (χ0) is 7.44. The molecule has 9 heavy (non-hydrogen) atoms. The van der Waals surface area contributed by atoms with Crippen molar-refractivity contribution in [2.24, 2.45) is 11.7 Å². The molecular weight excluding hydrogens is 138 g/mol. The van der Waals surface area contributed by atoms with Crippen molar-refractivity contribution in [2.45, 2.75) is 19.9 Å². The van der Waals surface area contributed by atoms with Gasteiger partial charge in [-0.3, -0.25) is 4.79 Å². The highest BCUT2D eigenvalue weighted by Gasteiger charge is 2.15. The molecule has 0 aliphatic rings. The summed E-state index contributed by atoms with van der Waals surface area (Å²) in [6.07, 6.45) is 0. The van der Waals surface area contributed by atoms with E-state index in [4.69, 9.17) is 17.3 Å². The molecule has 0 rings (SSSR count). The molecule has 0 aromatic rings. The average molecular weight is 149 g/mol. The monoisotopic (exact) mass is 148 g/mol. The molecule has 2 N–H and O–H groups in total. The highest BCUT2D eigenvalue weighted by molar-refractivity contribution is 6.35. The predicted molar refractivity (Wildman–Crippen MR) is 38.0 cm³/mol. The van der Waals surface area contributed by atoms with Gasteiger partial charge >= 0.3 is 0 Å². The molecule has 0 aromatic carbocycles. The predicted octanol–water partition coefficient (Wildman–Crippen LogP) is 0.939. The molecule has 0 heterocycles. The first-order chi connectivity index (χ1) is 4.09. The highest BCUT2D eigenvalue weighted by atomic mass is 35.5. The van der Waals surface area contributed by atoms with E-state index in [1.54, 1.807) is 0 Å². The Morgan fingerprint density at radius 3 is 2.22 bits per heavy atom. The van der Waals surface area contributed by atoms with Gasteiger partial charge in [-0.2, -0.15) is 0 Å². The molecule has 0 spiro atoms. The van der Waals surface area contributed by atoms with Crippen LogP contribution in [0.2, 0.25) is 0 Å². The van der Waals surface area contributed by atoms with Crippen LogP contribution in [0.25, 0.3) is 0 Å². The molecular formula is C6H11ClNO. The van der Waals surface area contributed by atoms with E-state index in [-0.39, 0.29) is 11.7 Å². The summed E-state index contributed by atoms with van der Waals surface area (Å²) in [6.45, 7) is 3.76. The Morgan fingerprint density at radius 1 is 1.67 bits per heavy atom. The molecule has 0 aromatic heterocycles. The third kappa shape index (κ3) is 2.82. The summed E-state index contributed by atoms with van der Waals surface area (Å²) in [6, 6.07) is -0.442. The van der Waals surface area contributed by atoms with Crippen LogP contribution in [0.3, 0.4) is 0 Å². The Balaban J connectivity index is 3.72. The largest absolute Gasteiger partial charge is 0.321 e. The lowest BCUT2D eigenvalue weighted by Gasteiger charge is -2.10. The number of nitrogens with two attached hydrogens (primary N) is 1. The summed E-state index contributed by atoms with van der Waals surface area (Å²) < 4.78 is 0. The molecule has 0 saturated heterocycles. The van der Waals surface area contributed by atoms with Crippen LogP contribution < -0.4 is 5.73 Å². The van der Waals surface area contributed by atoms with Gasteiger partial charge in [-0.15, -0.1) is 11.6 Å². The number of ketones is 1. The van der Waals surface area contributed by atoms with E-state index in [9.17, 15) is 4.79 Å². The molecule has 0 amide bonds. The minimum atomic E-state index is -0.442. The molecule has 0 bridgehead atoms. The second kappa shape index (κ2) is 3.85. The summed E-state index contributed by atoms with van der Waals surface area (Å²) in [5, 5.41) is 0. The normalized spacial score (nSPS) is 13.9. The van der Waals surface area contributed by atoms with Crippen molar-refractivity contribution in [1.82, 2.24) is 0 Å². The Kier molecular flexibility index (Phi) is 3.82. The maximum Gasteiger partial charge on any atom is 0.169 e. The van der Waals surface area contributed by atoms with E-state index in [1.807, 2.05) is 13.8 Å². The fourth-order valence-corrected chi connectivity index (χ4v) is 0.547. The second-order valence-corrected chi connectivity index (χ2v) is 2.50. The first-order valence-corrected chi connectivity index (χ1v) is 3.26. The van der Waals surface area contributed by atoms with Gasteiger partial charge in [0.1, 0.15) is 5.88 Å². The van der Waals surface area contributed by atoms with Gasteiger partial charge in [0.2, 0.25) is 0 Å². The zero-order valence-corrected chi connectivity index (χ0v) is 6.35. The van der Waals surface area contributed by atoms with Crippen molar-refractivity contribution in [1.29, 1.82) is 0 Å². The lowest BCUT2D eigenvalue weighted by molar-refractivity contribution is -0.117. The summed E-state index contributed by atoms with van der Waals surface area (Å²) in [7, 11) is 0. The summed E-state index contributed by atoms with van der Waals surface area (Å²) in [5.74, 6) is 0.948. The standard InChI is InChI=1S/C6H11ClNO/c1-4(2)6(8)5(9)3-7/h3-4,6H,8H2,1-2H3/t6-/m0/s1. The summed E-state index contributed by atoms with van der Waals surface area (Å²) >= 11 is 5.14. The summed E-state index contributed by atoms with van der Waals surface area (Å²) in [4.78, 5) is 10.6. The number of hydrogen-bond acceptors (Lipinski definition) is 2. The van der Waals surface area contributed by atoms with E-state index in [2.05, 4.69) is 0 Å². The minimum absolute atomic E-state index is 0.160. The smallest absolute Gasteiger partial charge is 0.169 e. The van der Waals surface area contributed by atoms with E-state index in [1.165, 1.54) is 0 Å². The second-order valence-electron chi connectivity index (χ2n) is 2.28. The van der Waals surface area contributed by atoms with Crippen molar-refractivity contribution < 1.29 is 4.79 Å². The van der Waals surface area contributed by atoms with Crippen molar-refractivity contribution in [3.8, 4) is 0 Å². The minimum Gasteiger partial charge on any atom is -0.321 e. The number of Topliss-reactive ketones (excluding diaryl/α,β-unsaturated/α-hetero) is 1. The first-order valence-electron chi connectivity index (χ1n) is 2.82.